The van der Waals surface area contributed by atoms with Crippen molar-refractivity contribution in [3.8, 4) is 0 Å². The molecule has 2 heterocycles. The van der Waals surface area contributed by atoms with Crippen molar-refractivity contribution in [3.05, 3.63) is 35.8 Å². The van der Waals surface area contributed by atoms with E-state index in [0.717, 1.165) is 36.1 Å². The number of hydrogen-bond acceptors (Lipinski definition) is 1. The molecule has 0 aliphatic carbocycles. The summed E-state index contributed by atoms with van der Waals surface area (Å²) in [5, 5.41) is 0.759. The largest absolute Gasteiger partial charge is 0.361 e. The fourth-order valence-corrected chi connectivity index (χ4v) is 2.51. The molecule has 1 aromatic carbocycles. The molecule has 0 unspecified atom stereocenters. The molecule has 2 aromatic rings. The number of hydrogen-bond donors (Lipinski definition) is 1. The molecule has 0 spiro atoms. The monoisotopic (exact) mass is 218 g/mol. The quantitative estimate of drug-likeness (QED) is 0.821. The van der Waals surface area contributed by atoms with E-state index in [-0.39, 0.29) is 5.82 Å². The van der Waals surface area contributed by atoms with Gasteiger partial charge in [-0.2, -0.15) is 0 Å². The van der Waals surface area contributed by atoms with Gasteiger partial charge in [0.1, 0.15) is 5.82 Å². The molecule has 3 rings (SSSR count). The Morgan fingerprint density at radius 2 is 2.06 bits per heavy atom. The maximum atomic E-state index is 13.7. The SMILES string of the molecule is Fc1cccc2[nH]cc(CN3CCCC3)c12. The second-order valence-electron chi connectivity index (χ2n) is 4.46. The van der Waals surface area contributed by atoms with Crippen LogP contribution in [-0.4, -0.2) is 23.0 Å². The lowest BCUT2D eigenvalue weighted by atomic mass is 10.1. The first-order chi connectivity index (χ1) is 7.84. The molecule has 0 amide bonds. The Hall–Kier alpha value is -1.35. The summed E-state index contributed by atoms with van der Waals surface area (Å²) >= 11 is 0. The molecule has 2 nitrogen and oxygen atoms in total. The Labute approximate surface area is 94.1 Å². The van der Waals surface area contributed by atoms with Gasteiger partial charge in [-0.15, -0.1) is 0 Å². The lowest BCUT2D eigenvalue weighted by Crippen LogP contribution is -2.18. The number of aromatic amines is 1. The zero-order valence-electron chi connectivity index (χ0n) is 9.17. The molecule has 0 atom stereocenters. The molecule has 0 radical (unpaired) electrons. The van der Waals surface area contributed by atoms with Crippen molar-refractivity contribution >= 4 is 10.9 Å². The number of likely N-dealkylation sites (tertiary alicyclic amines) is 1. The highest BCUT2D eigenvalue weighted by Gasteiger charge is 2.15. The van der Waals surface area contributed by atoms with Crippen LogP contribution < -0.4 is 0 Å². The Bertz CT molecular complexity index is 498. The number of fused-ring (bicyclic) bond motifs is 1. The van der Waals surface area contributed by atoms with E-state index < -0.39 is 0 Å². The Morgan fingerprint density at radius 3 is 2.88 bits per heavy atom. The van der Waals surface area contributed by atoms with E-state index in [9.17, 15) is 4.39 Å². The third-order valence-electron chi connectivity index (χ3n) is 3.33. The number of halogens is 1. The van der Waals surface area contributed by atoms with Gasteiger partial charge in [0.2, 0.25) is 0 Å². The number of benzene rings is 1. The van der Waals surface area contributed by atoms with Crippen LogP contribution in [0.3, 0.4) is 0 Å². The minimum atomic E-state index is -0.118. The predicted molar refractivity (Wildman–Crippen MR) is 62.8 cm³/mol. The summed E-state index contributed by atoms with van der Waals surface area (Å²) in [7, 11) is 0. The smallest absolute Gasteiger partial charge is 0.132 e. The van der Waals surface area contributed by atoms with Gasteiger partial charge in [-0.1, -0.05) is 6.07 Å². The maximum Gasteiger partial charge on any atom is 0.132 e. The highest BCUT2D eigenvalue weighted by molar-refractivity contribution is 5.83. The fraction of sp³-hybridized carbons (Fsp3) is 0.385. The third-order valence-corrected chi connectivity index (χ3v) is 3.33. The van der Waals surface area contributed by atoms with Crippen LogP contribution in [0.4, 0.5) is 4.39 Å². The van der Waals surface area contributed by atoms with E-state index in [0.29, 0.717) is 0 Å². The summed E-state index contributed by atoms with van der Waals surface area (Å²) in [5.74, 6) is -0.118. The van der Waals surface area contributed by atoms with Gasteiger partial charge in [0, 0.05) is 23.6 Å². The molecule has 1 aromatic heterocycles. The van der Waals surface area contributed by atoms with Crippen LogP contribution >= 0.6 is 0 Å². The van der Waals surface area contributed by atoms with Crippen LogP contribution in [-0.2, 0) is 6.54 Å². The minimum Gasteiger partial charge on any atom is -0.361 e. The summed E-state index contributed by atoms with van der Waals surface area (Å²) in [5.41, 5.74) is 1.98. The highest BCUT2D eigenvalue weighted by atomic mass is 19.1. The minimum absolute atomic E-state index is 0.118. The molecule has 16 heavy (non-hydrogen) atoms. The van der Waals surface area contributed by atoms with Crippen molar-refractivity contribution in [1.82, 2.24) is 9.88 Å². The van der Waals surface area contributed by atoms with E-state index in [4.69, 9.17) is 0 Å². The van der Waals surface area contributed by atoms with E-state index >= 15 is 0 Å². The third kappa shape index (κ3) is 1.61. The van der Waals surface area contributed by atoms with E-state index in [1.54, 1.807) is 6.07 Å². The van der Waals surface area contributed by atoms with Gasteiger partial charge < -0.3 is 4.98 Å². The maximum absolute atomic E-state index is 13.7. The van der Waals surface area contributed by atoms with Gasteiger partial charge in [0.25, 0.3) is 0 Å². The van der Waals surface area contributed by atoms with Crippen LogP contribution in [0.15, 0.2) is 24.4 Å². The molecule has 1 saturated heterocycles. The summed E-state index contributed by atoms with van der Waals surface area (Å²) in [6, 6.07) is 5.20. The molecular weight excluding hydrogens is 203 g/mol. The van der Waals surface area contributed by atoms with Crippen molar-refractivity contribution in [2.75, 3.05) is 13.1 Å². The van der Waals surface area contributed by atoms with E-state index in [2.05, 4.69) is 9.88 Å². The molecule has 1 fully saturated rings. The van der Waals surface area contributed by atoms with Gasteiger partial charge in [-0.05, 0) is 43.6 Å². The van der Waals surface area contributed by atoms with Crippen molar-refractivity contribution in [2.24, 2.45) is 0 Å². The standard InChI is InChI=1S/C13H15FN2/c14-11-4-3-5-12-13(11)10(8-15-12)9-16-6-1-2-7-16/h3-5,8,15H,1-2,6-7,9H2. The van der Waals surface area contributed by atoms with Crippen molar-refractivity contribution in [1.29, 1.82) is 0 Å². The average molecular weight is 218 g/mol. The molecule has 1 aliphatic heterocycles. The summed E-state index contributed by atoms with van der Waals surface area (Å²) in [6.07, 6.45) is 4.47. The average Bonchev–Trinajstić information content (AvgIpc) is 2.90. The zero-order chi connectivity index (χ0) is 11.0. The Kier molecular flexibility index (Phi) is 2.40. The van der Waals surface area contributed by atoms with E-state index in [1.165, 1.54) is 18.9 Å². The van der Waals surface area contributed by atoms with Gasteiger partial charge >= 0.3 is 0 Å². The number of H-pyrrole nitrogens is 1. The van der Waals surface area contributed by atoms with Crippen molar-refractivity contribution < 1.29 is 4.39 Å². The predicted octanol–water partition coefficient (Wildman–Crippen LogP) is 2.90. The van der Waals surface area contributed by atoms with Gasteiger partial charge in [0.15, 0.2) is 0 Å². The molecule has 0 saturated carbocycles. The van der Waals surface area contributed by atoms with Gasteiger partial charge in [-0.3, -0.25) is 4.90 Å². The molecule has 84 valence electrons. The summed E-state index contributed by atoms with van der Waals surface area (Å²) in [4.78, 5) is 5.52. The fourth-order valence-electron chi connectivity index (χ4n) is 2.51. The van der Waals surface area contributed by atoms with Crippen molar-refractivity contribution in [3.63, 3.8) is 0 Å². The molecule has 1 aliphatic rings. The Morgan fingerprint density at radius 1 is 1.25 bits per heavy atom. The van der Waals surface area contributed by atoms with Crippen LogP contribution in [0, 0.1) is 5.82 Å². The first-order valence-electron chi connectivity index (χ1n) is 5.81. The van der Waals surface area contributed by atoms with Crippen LogP contribution in [0.5, 0.6) is 0 Å². The van der Waals surface area contributed by atoms with Gasteiger partial charge in [-0.25, -0.2) is 4.39 Å². The summed E-state index contributed by atoms with van der Waals surface area (Å²) in [6.45, 7) is 3.14. The molecule has 0 bridgehead atoms. The van der Waals surface area contributed by atoms with E-state index in [1.807, 2.05) is 12.3 Å². The highest BCUT2D eigenvalue weighted by Crippen LogP contribution is 2.23. The number of nitrogens with zero attached hydrogens (tertiary/aromatic N) is 1. The first-order valence-corrected chi connectivity index (χ1v) is 5.81. The van der Waals surface area contributed by atoms with Gasteiger partial charge in [0.05, 0.1) is 0 Å². The second kappa shape index (κ2) is 3.91. The normalized spacial score (nSPS) is 17.3. The van der Waals surface area contributed by atoms with Crippen LogP contribution in [0.25, 0.3) is 10.9 Å². The number of aromatic nitrogens is 1. The lowest BCUT2D eigenvalue weighted by molar-refractivity contribution is 0.332. The number of nitrogens with one attached hydrogen (secondary N) is 1. The molecule has 1 N–H and O–H groups in total. The number of rotatable bonds is 2. The van der Waals surface area contributed by atoms with Crippen LogP contribution in [0.1, 0.15) is 18.4 Å². The summed E-state index contributed by atoms with van der Waals surface area (Å²) < 4.78 is 13.7. The van der Waals surface area contributed by atoms with Crippen molar-refractivity contribution in [2.45, 2.75) is 19.4 Å². The van der Waals surface area contributed by atoms with Crippen LogP contribution in [0.2, 0.25) is 0 Å². The molecule has 3 heteroatoms. The first kappa shape index (κ1) is 9.85. The molecular formula is C13H15FN2. The second-order valence-corrected chi connectivity index (χ2v) is 4.46. The Balaban J connectivity index is 1.97. The lowest BCUT2D eigenvalue weighted by Gasteiger charge is -2.13. The zero-order valence-corrected chi connectivity index (χ0v) is 9.17. The topological polar surface area (TPSA) is 19.0 Å².